The zero-order valence-electron chi connectivity index (χ0n) is 45.0. The Bertz CT molecular complexity index is 3560. The van der Waals surface area contributed by atoms with Crippen LogP contribution >= 0.6 is 23.2 Å². The molecular formula is C64H64Cl2N6O7S. The Morgan fingerprint density at radius 2 is 1.41 bits per heavy atom. The van der Waals surface area contributed by atoms with Gasteiger partial charge in [-0.05, 0) is 128 Å². The summed E-state index contributed by atoms with van der Waals surface area (Å²) in [6, 6.07) is 51.0. The van der Waals surface area contributed by atoms with Gasteiger partial charge >= 0.3 is 0 Å². The van der Waals surface area contributed by atoms with Crippen molar-refractivity contribution in [3.63, 3.8) is 0 Å². The number of aromatic nitrogens is 3. The highest BCUT2D eigenvalue weighted by Crippen LogP contribution is 2.45. The smallest absolute Gasteiger partial charge is 0.268 e. The first-order valence-electron chi connectivity index (χ1n) is 27.2. The van der Waals surface area contributed by atoms with Crippen molar-refractivity contribution in [3.8, 4) is 17.4 Å². The Morgan fingerprint density at radius 1 is 0.775 bits per heavy atom. The average molecular weight is 1130 g/mol. The van der Waals surface area contributed by atoms with Crippen LogP contribution in [0.5, 0.6) is 17.4 Å². The number of carbonyl (C=O) groups excluding carboxylic acids is 1. The van der Waals surface area contributed by atoms with Crippen molar-refractivity contribution in [1.82, 2.24) is 24.4 Å². The molecule has 16 heteroatoms. The van der Waals surface area contributed by atoms with Gasteiger partial charge in [-0.1, -0.05) is 132 Å². The summed E-state index contributed by atoms with van der Waals surface area (Å²) >= 11 is 12.9. The second-order valence-electron chi connectivity index (χ2n) is 22.1. The summed E-state index contributed by atoms with van der Waals surface area (Å²) in [4.78, 5) is 23.2. The summed E-state index contributed by atoms with van der Waals surface area (Å²) in [6.07, 6.45) is 6.57. The number of amides is 1. The maximum absolute atomic E-state index is 14.6. The number of piperazine rings is 1. The molecule has 11 rings (SSSR count). The standard InChI is InChI=1S/C64H64Cl2N6O7S/c1-62(2)38-54(45-22-24-50(65)25-23-45)46(43-78-62)41-70-32-34-71(35-33-70)51-26-27-53(60(73)69-80(75,76)52-37-56(66)61(67-39-52)77-42-44-28-30-63(3,74)31-29-44)59(36-51)79-58-21-13-20-57-55(58)40-68-72(57)64(47-14-7-4-8-15-47,48-16-9-5-10-17-48)49-18-11-6-12-19-49/h4-27,36-37,39-40,44,74H,28-35,38,41-43H2,1-3H3,(H,69,73)/t44-,63+. The van der Waals surface area contributed by atoms with E-state index < -0.39 is 27.1 Å². The third-order valence-corrected chi connectivity index (χ3v) is 17.7. The minimum atomic E-state index is -4.52. The second-order valence-corrected chi connectivity index (χ2v) is 24.6. The van der Waals surface area contributed by atoms with E-state index in [9.17, 15) is 18.3 Å². The van der Waals surface area contributed by atoms with Gasteiger partial charge in [0.15, 0.2) is 0 Å². The number of sulfonamides is 1. The molecule has 1 amide bonds. The lowest BCUT2D eigenvalue weighted by Crippen LogP contribution is -2.47. The number of benzene rings is 6. The summed E-state index contributed by atoms with van der Waals surface area (Å²) in [7, 11) is -4.52. The molecule has 2 aromatic heterocycles. The molecule has 0 unspecified atom stereocenters. The van der Waals surface area contributed by atoms with E-state index in [1.54, 1.807) is 18.3 Å². The summed E-state index contributed by atoms with van der Waals surface area (Å²) in [5, 5.41) is 16.9. The predicted octanol–water partition coefficient (Wildman–Crippen LogP) is 12.6. The molecule has 2 aliphatic heterocycles. The van der Waals surface area contributed by atoms with Crippen molar-refractivity contribution in [3.05, 3.63) is 214 Å². The Labute approximate surface area is 477 Å². The first kappa shape index (κ1) is 54.9. The topological polar surface area (TPSA) is 148 Å². The number of nitrogens with one attached hydrogen (secondary N) is 1. The van der Waals surface area contributed by atoms with Gasteiger partial charge in [0.1, 0.15) is 27.0 Å². The van der Waals surface area contributed by atoms with Crippen LogP contribution < -0.4 is 19.1 Å². The van der Waals surface area contributed by atoms with Gasteiger partial charge in [-0.15, -0.1) is 0 Å². The van der Waals surface area contributed by atoms with Crippen molar-refractivity contribution >= 4 is 61.3 Å². The van der Waals surface area contributed by atoms with E-state index in [4.69, 9.17) is 42.5 Å². The maximum atomic E-state index is 14.6. The minimum Gasteiger partial charge on any atom is -0.476 e. The van der Waals surface area contributed by atoms with Gasteiger partial charge in [0.05, 0.1) is 53.3 Å². The van der Waals surface area contributed by atoms with Gasteiger partial charge in [-0.2, -0.15) is 5.10 Å². The molecule has 0 spiro atoms. The Morgan fingerprint density at radius 3 is 2.04 bits per heavy atom. The van der Waals surface area contributed by atoms with Gasteiger partial charge in [0.2, 0.25) is 5.88 Å². The largest absolute Gasteiger partial charge is 0.476 e. The van der Waals surface area contributed by atoms with Crippen molar-refractivity contribution < 1.29 is 32.5 Å². The third-order valence-electron chi connectivity index (χ3n) is 15.9. The Kier molecular flexibility index (Phi) is 15.7. The monoisotopic (exact) mass is 1130 g/mol. The zero-order chi connectivity index (χ0) is 55.7. The first-order chi connectivity index (χ1) is 38.5. The number of fused-ring (bicyclic) bond motifs is 1. The molecule has 1 saturated heterocycles. The van der Waals surface area contributed by atoms with Crippen molar-refractivity contribution in [2.45, 2.75) is 74.5 Å². The van der Waals surface area contributed by atoms with Crippen LogP contribution in [0, 0.1) is 5.92 Å². The van der Waals surface area contributed by atoms with Crippen molar-refractivity contribution in [2.75, 3.05) is 50.8 Å². The van der Waals surface area contributed by atoms with Crippen LogP contribution in [0.4, 0.5) is 5.69 Å². The van der Waals surface area contributed by atoms with Crippen LogP contribution in [0.25, 0.3) is 16.5 Å². The third kappa shape index (κ3) is 11.6. The number of anilines is 1. The van der Waals surface area contributed by atoms with Crippen LogP contribution in [0.1, 0.15) is 85.5 Å². The van der Waals surface area contributed by atoms with Crippen LogP contribution in [-0.2, 0) is 20.3 Å². The highest BCUT2D eigenvalue weighted by molar-refractivity contribution is 7.90. The van der Waals surface area contributed by atoms with E-state index in [1.807, 2.05) is 103 Å². The molecule has 2 fully saturated rings. The molecule has 412 valence electrons. The normalized spacial score (nSPS) is 19.0. The van der Waals surface area contributed by atoms with Crippen LogP contribution in [-0.4, -0.2) is 96.2 Å². The van der Waals surface area contributed by atoms with E-state index >= 15 is 0 Å². The molecule has 4 heterocycles. The fourth-order valence-corrected chi connectivity index (χ4v) is 12.8. The molecule has 80 heavy (non-hydrogen) atoms. The van der Waals surface area contributed by atoms with Gasteiger partial charge < -0.3 is 24.2 Å². The lowest BCUT2D eigenvalue weighted by atomic mass is 9.77. The van der Waals surface area contributed by atoms with E-state index in [-0.39, 0.29) is 38.6 Å². The van der Waals surface area contributed by atoms with Crippen LogP contribution in [0.15, 0.2) is 181 Å². The summed E-state index contributed by atoms with van der Waals surface area (Å²) in [5.41, 5.74) is 6.29. The number of rotatable bonds is 16. The van der Waals surface area contributed by atoms with Gasteiger partial charge in [0.25, 0.3) is 15.9 Å². The fourth-order valence-electron chi connectivity index (χ4n) is 11.4. The number of ether oxygens (including phenoxy) is 3. The molecule has 0 radical (unpaired) electrons. The van der Waals surface area contributed by atoms with E-state index in [2.05, 4.69) is 81.9 Å². The number of nitrogens with zero attached hydrogens (tertiary/aromatic N) is 5. The number of pyridine rings is 1. The Hall–Kier alpha value is -7.04. The second kappa shape index (κ2) is 22.8. The fraction of sp³-hybridized carbons (Fsp3) is 0.297. The van der Waals surface area contributed by atoms with E-state index in [0.29, 0.717) is 55.3 Å². The molecule has 8 aromatic rings. The summed E-state index contributed by atoms with van der Waals surface area (Å²) < 4.78 is 51.7. The number of aliphatic hydroxyl groups is 1. The molecule has 2 N–H and O–H groups in total. The van der Waals surface area contributed by atoms with Gasteiger partial charge in [-0.25, -0.2) is 22.8 Å². The van der Waals surface area contributed by atoms with Gasteiger partial charge in [0, 0.05) is 55.9 Å². The first-order valence-corrected chi connectivity index (χ1v) is 29.4. The molecule has 13 nitrogen and oxygen atoms in total. The van der Waals surface area contributed by atoms with Crippen molar-refractivity contribution in [2.24, 2.45) is 5.92 Å². The van der Waals surface area contributed by atoms with Gasteiger partial charge in [-0.3, -0.25) is 9.69 Å². The molecule has 0 bridgehead atoms. The van der Waals surface area contributed by atoms with E-state index in [1.165, 1.54) is 17.2 Å². The molecular weight excluding hydrogens is 1070 g/mol. The van der Waals surface area contributed by atoms with Crippen molar-refractivity contribution in [1.29, 1.82) is 0 Å². The van der Waals surface area contributed by atoms with E-state index in [0.717, 1.165) is 78.6 Å². The number of hydrogen-bond donors (Lipinski definition) is 2. The molecule has 0 atom stereocenters. The molecule has 1 saturated carbocycles. The average Bonchev–Trinajstić information content (AvgIpc) is 3.49. The number of hydrogen-bond acceptors (Lipinski definition) is 11. The SMILES string of the molecule is CC1(C)CC(c2ccc(Cl)cc2)=C(CN2CCN(c3ccc(C(=O)NS(=O)(=O)c4cnc(OC[C@H]5CC[C@@](C)(O)CC5)c(Cl)c4)c(Oc4cccc5c4cnn5C(c4ccccc4)(c4ccccc4)c4ccccc4)c3)CC2)CO1. The zero-order valence-corrected chi connectivity index (χ0v) is 47.4. The molecule has 6 aromatic carbocycles. The quantitative estimate of drug-likeness (QED) is 0.0891. The minimum absolute atomic E-state index is 0.0140. The number of carbonyl (C=O) groups is 1. The highest BCUT2D eigenvalue weighted by Gasteiger charge is 2.41. The molecule has 1 aliphatic carbocycles. The summed E-state index contributed by atoms with van der Waals surface area (Å²) in [6.45, 7) is 10.6. The highest BCUT2D eigenvalue weighted by atomic mass is 35.5. The van der Waals surface area contributed by atoms with Crippen LogP contribution in [0.2, 0.25) is 10.0 Å². The maximum Gasteiger partial charge on any atom is 0.268 e. The molecule has 3 aliphatic rings. The van der Waals surface area contributed by atoms with Crippen LogP contribution in [0.3, 0.4) is 0 Å². The number of halogens is 2. The lowest BCUT2D eigenvalue weighted by molar-refractivity contribution is -0.0101. The summed E-state index contributed by atoms with van der Waals surface area (Å²) in [5.74, 6) is -0.0898. The lowest BCUT2D eigenvalue weighted by Gasteiger charge is -2.39. The Balaban J connectivity index is 0.911. The predicted molar refractivity (Wildman–Crippen MR) is 315 cm³/mol.